The quantitative estimate of drug-likeness (QED) is 0.636. The van der Waals surface area contributed by atoms with Crippen LogP contribution in [0.15, 0.2) is 64.9 Å². The predicted molar refractivity (Wildman–Crippen MR) is 98.4 cm³/mol. The Hall–Kier alpha value is -1.82. The Bertz CT molecular complexity index is 788. The first kappa shape index (κ1) is 16.1. The Morgan fingerprint density at radius 3 is 2.61 bits per heavy atom. The van der Waals surface area contributed by atoms with Crippen molar-refractivity contribution >= 4 is 45.7 Å². The zero-order valence-electron chi connectivity index (χ0n) is 12.0. The van der Waals surface area contributed by atoms with Crippen LogP contribution in [-0.2, 0) is 4.79 Å². The average Bonchev–Trinajstić information content (AvgIpc) is 3.04. The van der Waals surface area contributed by atoms with Gasteiger partial charge in [-0.1, -0.05) is 41.9 Å². The Morgan fingerprint density at radius 2 is 1.87 bits per heavy atom. The monoisotopic (exact) mass is 360 g/mol. The largest absolute Gasteiger partial charge is 0.301 e. The van der Waals surface area contributed by atoms with Crippen LogP contribution in [-0.4, -0.2) is 16.6 Å². The van der Waals surface area contributed by atoms with Gasteiger partial charge >= 0.3 is 0 Å². The van der Waals surface area contributed by atoms with Crippen molar-refractivity contribution in [3.63, 3.8) is 0 Å². The number of halogens is 1. The highest BCUT2D eigenvalue weighted by Gasteiger charge is 2.08. The number of nitrogens with one attached hydrogen (secondary N) is 1. The molecule has 0 atom stereocenters. The second-order valence-corrected chi connectivity index (χ2v) is 7.04. The van der Waals surface area contributed by atoms with Gasteiger partial charge in [-0.15, -0.1) is 23.1 Å². The van der Waals surface area contributed by atoms with Crippen LogP contribution < -0.4 is 5.32 Å². The fraction of sp³-hybridized carbons (Fsp3) is 0.0588. The summed E-state index contributed by atoms with van der Waals surface area (Å²) in [4.78, 5) is 17.5. The number of hydrogen-bond donors (Lipinski definition) is 1. The van der Waals surface area contributed by atoms with Gasteiger partial charge in [-0.3, -0.25) is 4.79 Å². The fourth-order valence-electron chi connectivity index (χ4n) is 1.91. The highest BCUT2D eigenvalue weighted by molar-refractivity contribution is 8.00. The molecule has 3 aromatic rings. The molecule has 0 saturated carbocycles. The number of aromatic nitrogens is 1. The molecular formula is C17H13ClN2OS2. The second-order valence-electron chi connectivity index (χ2n) is 4.69. The fourth-order valence-corrected chi connectivity index (χ4v) is 3.47. The minimum absolute atomic E-state index is 0.0705. The summed E-state index contributed by atoms with van der Waals surface area (Å²) in [5, 5.41) is 6.08. The minimum Gasteiger partial charge on any atom is -0.301 e. The molecule has 0 aliphatic rings. The molecular weight excluding hydrogens is 348 g/mol. The number of benzene rings is 2. The highest BCUT2D eigenvalue weighted by Crippen LogP contribution is 2.25. The van der Waals surface area contributed by atoms with Gasteiger partial charge in [0.2, 0.25) is 5.91 Å². The number of rotatable bonds is 5. The number of carbonyl (C=O) groups excluding carboxylic acids is 1. The van der Waals surface area contributed by atoms with Crippen LogP contribution in [0.25, 0.3) is 11.3 Å². The van der Waals surface area contributed by atoms with E-state index in [-0.39, 0.29) is 5.91 Å². The second kappa shape index (κ2) is 7.64. The Labute approximate surface area is 147 Å². The normalized spacial score (nSPS) is 10.5. The first-order chi connectivity index (χ1) is 11.2. The molecule has 1 N–H and O–H groups in total. The van der Waals surface area contributed by atoms with E-state index in [2.05, 4.69) is 10.3 Å². The van der Waals surface area contributed by atoms with Crippen molar-refractivity contribution in [2.45, 2.75) is 4.90 Å². The lowest BCUT2D eigenvalue weighted by atomic mass is 10.2. The summed E-state index contributed by atoms with van der Waals surface area (Å²) >= 11 is 8.73. The van der Waals surface area contributed by atoms with Crippen molar-refractivity contribution in [2.75, 3.05) is 11.1 Å². The Morgan fingerprint density at radius 1 is 1.13 bits per heavy atom. The van der Waals surface area contributed by atoms with Gasteiger partial charge in [-0.2, -0.15) is 0 Å². The van der Waals surface area contributed by atoms with Gasteiger partial charge < -0.3 is 5.32 Å². The van der Waals surface area contributed by atoms with Crippen molar-refractivity contribution in [1.29, 1.82) is 0 Å². The van der Waals surface area contributed by atoms with Gasteiger partial charge in [-0.05, 0) is 24.3 Å². The summed E-state index contributed by atoms with van der Waals surface area (Å²) in [6.45, 7) is 0. The Balaban J connectivity index is 1.56. The maximum atomic E-state index is 12.0. The predicted octanol–water partition coefficient (Wildman–Crippen LogP) is 5.19. The van der Waals surface area contributed by atoms with Crippen molar-refractivity contribution in [3.05, 3.63) is 65.0 Å². The summed E-state index contributed by atoms with van der Waals surface area (Å²) in [5.74, 6) is 0.265. The lowest BCUT2D eigenvalue weighted by molar-refractivity contribution is -0.113. The van der Waals surface area contributed by atoms with Crippen molar-refractivity contribution < 1.29 is 4.79 Å². The van der Waals surface area contributed by atoms with E-state index in [0.29, 0.717) is 15.9 Å². The van der Waals surface area contributed by atoms with E-state index in [4.69, 9.17) is 11.6 Å². The van der Waals surface area contributed by atoms with Crippen LogP contribution in [0.3, 0.4) is 0 Å². The molecule has 0 bridgehead atoms. The van der Waals surface area contributed by atoms with E-state index in [1.54, 1.807) is 0 Å². The van der Waals surface area contributed by atoms with E-state index in [1.165, 1.54) is 23.1 Å². The van der Waals surface area contributed by atoms with E-state index in [0.717, 1.165) is 16.2 Å². The van der Waals surface area contributed by atoms with Crippen molar-refractivity contribution in [1.82, 2.24) is 4.98 Å². The number of thioether (sulfide) groups is 1. The van der Waals surface area contributed by atoms with E-state index in [9.17, 15) is 4.79 Å². The lowest BCUT2D eigenvalue weighted by Crippen LogP contribution is -2.13. The summed E-state index contributed by atoms with van der Waals surface area (Å²) in [5.41, 5.74) is 1.91. The molecule has 1 aromatic heterocycles. The molecule has 3 nitrogen and oxygen atoms in total. The molecule has 0 saturated heterocycles. The number of anilines is 1. The van der Waals surface area contributed by atoms with Crippen LogP contribution in [0.2, 0.25) is 5.02 Å². The molecule has 0 aliphatic heterocycles. The third-order valence-corrected chi connectivity index (χ3v) is 5.03. The van der Waals surface area contributed by atoms with Gasteiger partial charge in [0.05, 0.1) is 11.4 Å². The minimum atomic E-state index is -0.0705. The van der Waals surface area contributed by atoms with Gasteiger partial charge in [0, 0.05) is 20.9 Å². The molecule has 116 valence electrons. The van der Waals surface area contributed by atoms with E-state index in [1.807, 2.05) is 60.0 Å². The molecule has 23 heavy (non-hydrogen) atoms. The van der Waals surface area contributed by atoms with E-state index >= 15 is 0 Å². The molecule has 0 spiro atoms. The average molecular weight is 361 g/mol. The molecule has 0 radical (unpaired) electrons. The summed E-state index contributed by atoms with van der Waals surface area (Å²) in [6, 6.07) is 17.3. The number of thiazole rings is 1. The molecule has 1 heterocycles. The van der Waals surface area contributed by atoms with Gasteiger partial charge in [0.1, 0.15) is 0 Å². The first-order valence-electron chi connectivity index (χ1n) is 6.90. The van der Waals surface area contributed by atoms with E-state index < -0.39 is 0 Å². The molecule has 1 amide bonds. The number of hydrogen-bond acceptors (Lipinski definition) is 4. The SMILES string of the molecule is O=C(CSc1ccc(Cl)cc1)Nc1nc(-c2ccccc2)cs1. The summed E-state index contributed by atoms with van der Waals surface area (Å²) in [7, 11) is 0. The molecule has 3 rings (SSSR count). The molecule has 0 aliphatic carbocycles. The zero-order valence-corrected chi connectivity index (χ0v) is 14.4. The maximum absolute atomic E-state index is 12.0. The first-order valence-corrected chi connectivity index (χ1v) is 9.14. The zero-order chi connectivity index (χ0) is 16.1. The van der Waals surface area contributed by atoms with Crippen LogP contribution in [0.1, 0.15) is 0 Å². The summed E-state index contributed by atoms with van der Waals surface area (Å²) < 4.78 is 0. The number of carbonyl (C=O) groups is 1. The van der Waals surface area contributed by atoms with Crippen LogP contribution in [0.5, 0.6) is 0 Å². The third-order valence-electron chi connectivity index (χ3n) is 3.00. The van der Waals surface area contributed by atoms with Gasteiger partial charge in [-0.25, -0.2) is 4.98 Å². The topological polar surface area (TPSA) is 42.0 Å². The van der Waals surface area contributed by atoms with Gasteiger partial charge in [0.15, 0.2) is 5.13 Å². The third kappa shape index (κ3) is 4.58. The molecule has 6 heteroatoms. The number of amides is 1. The molecule has 2 aromatic carbocycles. The number of nitrogens with zero attached hydrogens (tertiary/aromatic N) is 1. The maximum Gasteiger partial charge on any atom is 0.236 e. The molecule has 0 unspecified atom stereocenters. The van der Waals surface area contributed by atoms with Crippen LogP contribution >= 0.6 is 34.7 Å². The highest BCUT2D eigenvalue weighted by atomic mass is 35.5. The van der Waals surface area contributed by atoms with Crippen molar-refractivity contribution in [2.24, 2.45) is 0 Å². The lowest BCUT2D eigenvalue weighted by Gasteiger charge is -2.02. The Kier molecular flexibility index (Phi) is 5.33. The van der Waals surface area contributed by atoms with Crippen LogP contribution in [0, 0.1) is 0 Å². The molecule has 0 fully saturated rings. The van der Waals surface area contributed by atoms with Crippen molar-refractivity contribution in [3.8, 4) is 11.3 Å². The smallest absolute Gasteiger partial charge is 0.236 e. The standard InChI is InChI=1S/C17H13ClN2OS2/c18-13-6-8-14(9-7-13)22-11-16(21)20-17-19-15(10-23-17)12-4-2-1-3-5-12/h1-10H,11H2,(H,19,20,21). The summed E-state index contributed by atoms with van der Waals surface area (Å²) in [6.07, 6.45) is 0. The van der Waals surface area contributed by atoms with Crippen LogP contribution in [0.4, 0.5) is 5.13 Å². The van der Waals surface area contributed by atoms with Gasteiger partial charge in [0.25, 0.3) is 0 Å².